The quantitative estimate of drug-likeness (QED) is 0.250. The van der Waals surface area contributed by atoms with Gasteiger partial charge >= 0.3 is 0 Å². The smallest absolute Gasteiger partial charge is 0.241 e. The highest BCUT2D eigenvalue weighted by Gasteiger charge is 2.74. The van der Waals surface area contributed by atoms with Gasteiger partial charge in [-0.1, -0.05) is 48.0 Å². The van der Waals surface area contributed by atoms with Gasteiger partial charge in [-0.05, 0) is 64.6 Å². The third-order valence-corrected chi connectivity index (χ3v) is 7.77. The van der Waals surface area contributed by atoms with Crippen LogP contribution in [0.1, 0.15) is 32.4 Å². The molecule has 3 aromatic rings. The number of benzene rings is 3. The van der Waals surface area contributed by atoms with E-state index >= 15 is 0 Å². The monoisotopic (exact) mass is 583 g/mol. The maximum Gasteiger partial charge on any atom is 0.241 e. The van der Waals surface area contributed by atoms with Crippen LogP contribution in [-0.2, 0) is 14.3 Å². The van der Waals surface area contributed by atoms with Gasteiger partial charge in [0.25, 0.3) is 0 Å². The summed E-state index contributed by atoms with van der Waals surface area (Å²) < 4.78 is 7.18. The highest BCUT2D eigenvalue weighted by molar-refractivity contribution is 14.1. The van der Waals surface area contributed by atoms with Crippen molar-refractivity contribution in [2.24, 2.45) is 11.8 Å². The van der Waals surface area contributed by atoms with Crippen molar-refractivity contribution in [2.45, 2.75) is 11.7 Å². The van der Waals surface area contributed by atoms with Gasteiger partial charge in [0.15, 0.2) is 0 Å². The van der Waals surface area contributed by atoms with E-state index in [4.69, 9.17) is 16.3 Å². The highest BCUT2D eigenvalue weighted by Crippen LogP contribution is 2.57. The molecule has 0 aromatic heterocycles. The van der Waals surface area contributed by atoms with E-state index in [0.717, 1.165) is 8.47 Å². The largest absolute Gasteiger partial charge is 0.349 e. The van der Waals surface area contributed by atoms with Crippen molar-refractivity contribution in [2.75, 3.05) is 4.90 Å². The lowest BCUT2D eigenvalue weighted by atomic mass is 9.77. The zero-order chi connectivity index (χ0) is 23.8. The summed E-state index contributed by atoms with van der Waals surface area (Å²) >= 11 is 8.18. The molecular weight excluding hydrogens is 569 g/mol. The maximum absolute atomic E-state index is 13.8. The molecule has 0 radical (unpaired) electrons. The normalized spacial score (nSPS) is 24.8. The second kappa shape index (κ2) is 7.56. The van der Waals surface area contributed by atoms with Gasteiger partial charge in [-0.25, -0.2) is 4.90 Å². The predicted octanol–water partition coefficient (Wildman–Crippen LogP) is 4.64. The van der Waals surface area contributed by atoms with Gasteiger partial charge in [0, 0.05) is 19.7 Å². The molecule has 0 unspecified atom stereocenters. The molecule has 2 amide bonds. The molecule has 0 bridgehead atoms. The van der Waals surface area contributed by atoms with Crippen LogP contribution in [0.3, 0.4) is 0 Å². The number of carbonyl (C=O) groups excluding carboxylic acids is 4. The number of halogens is 2. The number of Topliss-reactive ketones (excluding diaryl/α,β-unsaturated/α-hetero) is 2. The Morgan fingerprint density at radius 2 is 1.38 bits per heavy atom. The Bertz CT molecular complexity index is 1370. The van der Waals surface area contributed by atoms with E-state index in [0.29, 0.717) is 16.3 Å². The Morgan fingerprint density at radius 1 is 0.794 bits per heavy atom. The third-order valence-electron chi connectivity index (χ3n) is 6.80. The number of hydrogen-bond acceptors (Lipinski definition) is 5. The molecule has 6 rings (SSSR count). The van der Waals surface area contributed by atoms with Gasteiger partial charge in [0.1, 0.15) is 0 Å². The number of nitrogens with zero attached hydrogens (tertiary/aromatic N) is 1. The minimum Gasteiger partial charge on any atom is -0.349 e. The second-order valence-electron chi connectivity index (χ2n) is 8.52. The van der Waals surface area contributed by atoms with Gasteiger partial charge in [-0.3, -0.25) is 19.2 Å². The minimum atomic E-state index is -2.08. The predicted molar refractivity (Wildman–Crippen MR) is 132 cm³/mol. The lowest BCUT2D eigenvalue weighted by Gasteiger charge is -2.27. The molecule has 1 spiro atoms. The molecule has 2 saturated heterocycles. The van der Waals surface area contributed by atoms with E-state index in [-0.39, 0.29) is 11.1 Å². The van der Waals surface area contributed by atoms with Crippen LogP contribution in [-0.4, -0.2) is 29.0 Å². The summed E-state index contributed by atoms with van der Waals surface area (Å²) in [6.07, 6.45) is -0.963. The zero-order valence-electron chi connectivity index (χ0n) is 17.4. The molecule has 6 nitrogen and oxygen atoms in total. The Kier molecular flexibility index (Phi) is 4.81. The number of fused-ring (bicyclic) bond motifs is 3. The Balaban J connectivity index is 1.54. The average molecular weight is 584 g/mol. The SMILES string of the molecule is O=C1[C@@H]2[C@H](c3ccc(Cl)cc3)OC3(C(=O)c4ccccc4C3=O)[C@H]2C(=O)N1c1ccc(I)cc1. The molecule has 3 aromatic carbocycles. The van der Waals surface area contributed by atoms with E-state index in [2.05, 4.69) is 22.6 Å². The first-order valence-corrected chi connectivity index (χ1v) is 12.1. The highest BCUT2D eigenvalue weighted by atomic mass is 127. The Morgan fingerprint density at radius 3 is 1.97 bits per heavy atom. The Labute approximate surface area is 213 Å². The van der Waals surface area contributed by atoms with Crippen molar-refractivity contribution >= 4 is 63.3 Å². The third kappa shape index (κ3) is 2.77. The molecule has 0 N–H and O–H groups in total. The van der Waals surface area contributed by atoms with Crippen molar-refractivity contribution in [3.63, 3.8) is 0 Å². The topological polar surface area (TPSA) is 80.8 Å². The molecule has 2 fully saturated rings. The lowest BCUT2D eigenvalue weighted by molar-refractivity contribution is -0.127. The molecule has 34 heavy (non-hydrogen) atoms. The summed E-state index contributed by atoms with van der Waals surface area (Å²) in [4.78, 5) is 56.0. The van der Waals surface area contributed by atoms with Gasteiger partial charge in [0.2, 0.25) is 29.0 Å². The van der Waals surface area contributed by atoms with Crippen molar-refractivity contribution in [1.29, 1.82) is 0 Å². The molecule has 0 saturated carbocycles. The van der Waals surface area contributed by atoms with Crippen molar-refractivity contribution in [1.82, 2.24) is 0 Å². The van der Waals surface area contributed by atoms with Crippen LogP contribution in [0.5, 0.6) is 0 Å². The molecule has 1 aliphatic carbocycles. The molecule has 3 aliphatic rings. The molecule has 168 valence electrons. The number of anilines is 1. The zero-order valence-corrected chi connectivity index (χ0v) is 20.3. The number of ether oxygens (including phenoxy) is 1. The van der Waals surface area contributed by atoms with Crippen molar-refractivity contribution in [3.05, 3.63) is 98.1 Å². The van der Waals surface area contributed by atoms with Crippen molar-refractivity contribution in [3.8, 4) is 0 Å². The second-order valence-corrected chi connectivity index (χ2v) is 10.2. The van der Waals surface area contributed by atoms with Gasteiger partial charge in [0.05, 0.1) is 23.6 Å². The van der Waals surface area contributed by atoms with Crippen molar-refractivity contribution < 1.29 is 23.9 Å². The first-order valence-electron chi connectivity index (χ1n) is 10.6. The van der Waals surface area contributed by atoms with E-state index < -0.39 is 46.9 Å². The van der Waals surface area contributed by atoms with E-state index in [1.165, 1.54) is 0 Å². The van der Waals surface area contributed by atoms with Crippen LogP contribution in [0.2, 0.25) is 5.02 Å². The lowest BCUT2D eigenvalue weighted by Crippen LogP contribution is -2.51. The number of ketones is 2. The first kappa shape index (κ1) is 21.6. The van der Waals surface area contributed by atoms with Gasteiger partial charge in [-0.15, -0.1) is 0 Å². The summed E-state index contributed by atoms with van der Waals surface area (Å²) in [6.45, 7) is 0. The van der Waals surface area contributed by atoms with Crippen LogP contribution in [0, 0.1) is 15.4 Å². The fourth-order valence-corrected chi connectivity index (χ4v) is 5.80. The number of imide groups is 1. The summed E-state index contributed by atoms with van der Waals surface area (Å²) in [6, 6.07) is 20.0. The average Bonchev–Trinajstić information content (AvgIpc) is 3.40. The molecule has 2 heterocycles. The van der Waals surface area contributed by atoms with Gasteiger partial charge < -0.3 is 4.74 Å². The molecule has 2 aliphatic heterocycles. The van der Waals surface area contributed by atoms with Crippen LogP contribution in [0.4, 0.5) is 5.69 Å². The summed E-state index contributed by atoms with van der Waals surface area (Å²) in [5, 5.41) is 0.489. The number of hydrogen-bond donors (Lipinski definition) is 0. The maximum atomic E-state index is 13.8. The fraction of sp³-hybridized carbons (Fsp3) is 0.154. The van der Waals surface area contributed by atoms with E-state index in [9.17, 15) is 19.2 Å². The molecular formula is C26H15ClINO5. The Hall–Kier alpha value is -2.88. The van der Waals surface area contributed by atoms with E-state index in [1.54, 1.807) is 72.8 Å². The number of carbonyl (C=O) groups is 4. The minimum absolute atomic E-state index is 0.205. The van der Waals surface area contributed by atoms with Crippen LogP contribution >= 0.6 is 34.2 Å². The summed E-state index contributed by atoms with van der Waals surface area (Å²) in [5.74, 6) is -4.57. The standard InChI is InChI=1S/C26H15ClINO5/c27-14-7-5-13(6-8-14)21-19-20(25(33)29(24(19)32)16-11-9-15(28)10-12-16)26(34-21)22(30)17-3-1-2-4-18(17)23(26)31/h1-12,19-21H/t19-,20+,21-/m0/s1. The number of amides is 2. The van der Waals surface area contributed by atoms with E-state index in [1.807, 2.05) is 0 Å². The summed E-state index contributed by atoms with van der Waals surface area (Å²) in [5.41, 5.74) is -0.709. The van der Waals surface area contributed by atoms with Crippen LogP contribution in [0.25, 0.3) is 0 Å². The van der Waals surface area contributed by atoms with Gasteiger partial charge in [-0.2, -0.15) is 0 Å². The molecule has 3 atom stereocenters. The summed E-state index contributed by atoms with van der Waals surface area (Å²) in [7, 11) is 0. The fourth-order valence-electron chi connectivity index (χ4n) is 5.32. The first-order chi connectivity index (χ1) is 16.3. The number of rotatable bonds is 2. The van der Waals surface area contributed by atoms with Crippen LogP contribution in [0.15, 0.2) is 72.8 Å². The molecule has 8 heteroatoms. The van der Waals surface area contributed by atoms with Crippen LogP contribution < -0.4 is 4.90 Å².